The Morgan fingerprint density at radius 2 is 2.03 bits per heavy atom. The van der Waals surface area contributed by atoms with Crippen LogP contribution in [0.15, 0.2) is 42.6 Å². The first-order valence-corrected chi connectivity index (χ1v) is 9.53. The zero-order chi connectivity index (χ0) is 21.5. The largest absolute Gasteiger partial charge is 0.490 e. The SMILES string of the molecule is COCCOc1cc2nccc(Oc3ccc(N)c(Cl)c3)c2cc1C(=O)NCCF. The first-order valence-electron chi connectivity index (χ1n) is 9.15. The average Bonchev–Trinajstić information content (AvgIpc) is 2.74. The molecule has 0 fully saturated rings. The van der Waals surface area contributed by atoms with Crippen LogP contribution in [0.2, 0.25) is 5.02 Å². The first kappa shape index (κ1) is 21.6. The number of nitrogens with two attached hydrogens (primary N) is 1. The normalized spacial score (nSPS) is 10.8. The predicted molar refractivity (Wildman–Crippen MR) is 113 cm³/mol. The summed E-state index contributed by atoms with van der Waals surface area (Å²) in [5.41, 5.74) is 6.97. The van der Waals surface area contributed by atoms with Gasteiger partial charge in [0, 0.05) is 37.4 Å². The number of hydrogen-bond acceptors (Lipinski definition) is 6. The fraction of sp³-hybridized carbons (Fsp3) is 0.238. The molecule has 3 rings (SSSR count). The number of pyridine rings is 1. The Balaban J connectivity index is 2.02. The van der Waals surface area contributed by atoms with Crippen molar-refractivity contribution in [2.24, 2.45) is 0 Å². The van der Waals surface area contributed by atoms with Crippen molar-refractivity contribution < 1.29 is 23.4 Å². The number of anilines is 1. The highest BCUT2D eigenvalue weighted by Gasteiger charge is 2.17. The van der Waals surface area contributed by atoms with Gasteiger partial charge in [-0.25, -0.2) is 4.39 Å². The number of hydrogen-bond donors (Lipinski definition) is 2. The lowest BCUT2D eigenvalue weighted by molar-refractivity contribution is 0.0943. The van der Waals surface area contributed by atoms with Crippen LogP contribution in [0.25, 0.3) is 10.9 Å². The second-order valence-electron chi connectivity index (χ2n) is 6.25. The van der Waals surface area contributed by atoms with Crippen LogP contribution in [-0.2, 0) is 4.74 Å². The number of alkyl halides is 1. The molecule has 0 spiro atoms. The van der Waals surface area contributed by atoms with Gasteiger partial charge >= 0.3 is 0 Å². The number of ether oxygens (including phenoxy) is 3. The third kappa shape index (κ3) is 5.08. The second-order valence-corrected chi connectivity index (χ2v) is 6.65. The topological polar surface area (TPSA) is 95.7 Å². The summed E-state index contributed by atoms with van der Waals surface area (Å²) in [6.45, 7) is -0.189. The Bertz CT molecular complexity index is 1050. The van der Waals surface area contributed by atoms with Gasteiger partial charge in [0.15, 0.2) is 0 Å². The van der Waals surface area contributed by atoms with E-state index in [0.29, 0.717) is 45.5 Å². The van der Waals surface area contributed by atoms with Crippen molar-refractivity contribution >= 4 is 34.1 Å². The third-order valence-corrected chi connectivity index (χ3v) is 4.50. The van der Waals surface area contributed by atoms with E-state index in [0.717, 1.165) is 0 Å². The summed E-state index contributed by atoms with van der Waals surface area (Å²) in [6.07, 6.45) is 1.58. The third-order valence-electron chi connectivity index (χ3n) is 4.17. The summed E-state index contributed by atoms with van der Waals surface area (Å²) in [6, 6.07) is 9.83. The van der Waals surface area contributed by atoms with Crippen LogP contribution < -0.4 is 20.5 Å². The van der Waals surface area contributed by atoms with E-state index in [9.17, 15) is 9.18 Å². The van der Waals surface area contributed by atoms with Gasteiger partial charge in [-0.3, -0.25) is 9.78 Å². The molecule has 0 saturated carbocycles. The van der Waals surface area contributed by atoms with E-state index in [1.54, 1.807) is 49.7 Å². The standard InChI is InChI=1S/C21H21ClFN3O4/c1-28-8-9-29-20-12-18-14(11-15(20)21(27)26-7-5-23)19(4-6-25-18)30-13-2-3-17(24)16(22)10-13/h2-4,6,10-12H,5,7-9,24H2,1H3,(H,26,27). The van der Waals surface area contributed by atoms with Gasteiger partial charge in [0.25, 0.3) is 5.91 Å². The summed E-state index contributed by atoms with van der Waals surface area (Å²) >= 11 is 6.07. The number of fused-ring (bicyclic) bond motifs is 1. The Morgan fingerprint density at radius 3 is 2.77 bits per heavy atom. The highest BCUT2D eigenvalue weighted by Crippen LogP contribution is 2.34. The molecule has 1 aromatic heterocycles. The molecular weight excluding hydrogens is 413 g/mol. The number of carbonyl (C=O) groups is 1. The predicted octanol–water partition coefficient (Wildman–Crippen LogP) is 3.99. The van der Waals surface area contributed by atoms with E-state index in [1.807, 2.05) is 0 Å². The molecule has 0 saturated heterocycles. The maximum atomic E-state index is 12.6. The van der Waals surface area contributed by atoms with Crippen LogP contribution in [0.3, 0.4) is 0 Å². The maximum Gasteiger partial charge on any atom is 0.255 e. The van der Waals surface area contributed by atoms with Gasteiger partial charge in [0.05, 0.1) is 28.4 Å². The molecule has 30 heavy (non-hydrogen) atoms. The van der Waals surface area contributed by atoms with E-state index in [1.165, 1.54) is 0 Å². The molecule has 1 heterocycles. The molecule has 2 aromatic carbocycles. The first-order chi connectivity index (χ1) is 14.5. The van der Waals surface area contributed by atoms with Gasteiger partial charge in [-0.15, -0.1) is 0 Å². The van der Waals surface area contributed by atoms with Crippen LogP contribution in [0.1, 0.15) is 10.4 Å². The van der Waals surface area contributed by atoms with Gasteiger partial charge in [-0.05, 0) is 24.3 Å². The molecule has 3 aromatic rings. The lowest BCUT2D eigenvalue weighted by Crippen LogP contribution is -2.26. The number of nitrogen functional groups attached to an aromatic ring is 1. The number of halogens is 2. The molecule has 0 aliphatic carbocycles. The molecule has 0 bridgehead atoms. The monoisotopic (exact) mass is 433 g/mol. The highest BCUT2D eigenvalue weighted by atomic mass is 35.5. The van der Waals surface area contributed by atoms with E-state index < -0.39 is 12.6 Å². The van der Waals surface area contributed by atoms with Crippen molar-refractivity contribution in [1.29, 1.82) is 0 Å². The molecule has 0 aliphatic heterocycles. The molecule has 0 atom stereocenters. The molecule has 158 valence electrons. The summed E-state index contributed by atoms with van der Waals surface area (Å²) in [4.78, 5) is 16.9. The van der Waals surface area contributed by atoms with Gasteiger partial charge in [-0.2, -0.15) is 0 Å². The fourth-order valence-corrected chi connectivity index (χ4v) is 2.89. The number of nitrogens with one attached hydrogen (secondary N) is 1. The summed E-state index contributed by atoms with van der Waals surface area (Å²) < 4.78 is 29.1. The molecule has 9 heteroatoms. The maximum absolute atomic E-state index is 12.6. The van der Waals surface area contributed by atoms with Crippen molar-refractivity contribution in [1.82, 2.24) is 10.3 Å². The summed E-state index contributed by atoms with van der Waals surface area (Å²) in [5, 5.41) is 3.45. The number of aromatic nitrogens is 1. The van der Waals surface area contributed by atoms with Crippen LogP contribution in [0, 0.1) is 0 Å². The van der Waals surface area contributed by atoms with Crippen LogP contribution in [-0.4, -0.2) is 44.4 Å². The minimum atomic E-state index is -0.674. The van der Waals surface area contributed by atoms with Crippen molar-refractivity contribution in [3.63, 3.8) is 0 Å². The molecule has 7 nitrogen and oxygen atoms in total. The van der Waals surface area contributed by atoms with Crippen molar-refractivity contribution in [3.8, 4) is 17.2 Å². The molecular formula is C21H21ClFN3O4. The Morgan fingerprint density at radius 1 is 1.20 bits per heavy atom. The van der Waals surface area contributed by atoms with E-state index in [4.69, 9.17) is 31.5 Å². The minimum absolute atomic E-state index is 0.102. The molecule has 0 unspecified atom stereocenters. The van der Waals surface area contributed by atoms with Gasteiger partial charge in [-0.1, -0.05) is 11.6 Å². The summed E-state index contributed by atoms with van der Waals surface area (Å²) in [5.74, 6) is 0.790. The molecule has 3 N–H and O–H groups in total. The van der Waals surface area contributed by atoms with Crippen molar-refractivity contribution in [2.75, 3.05) is 39.3 Å². The smallest absolute Gasteiger partial charge is 0.255 e. The van der Waals surface area contributed by atoms with E-state index >= 15 is 0 Å². The zero-order valence-electron chi connectivity index (χ0n) is 16.3. The Hall–Kier alpha value is -3.10. The van der Waals surface area contributed by atoms with Crippen molar-refractivity contribution in [3.05, 3.63) is 53.2 Å². The molecule has 1 amide bonds. The molecule has 0 radical (unpaired) electrons. The minimum Gasteiger partial charge on any atom is -0.490 e. The number of benzene rings is 2. The van der Waals surface area contributed by atoms with Crippen molar-refractivity contribution in [2.45, 2.75) is 0 Å². The Labute approximate surface area is 177 Å². The number of rotatable bonds is 9. The fourth-order valence-electron chi connectivity index (χ4n) is 2.72. The zero-order valence-corrected chi connectivity index (χ0v) is 17.0. The molecule has 0 aliphatic rings. The van der Waals surface area contributed by atoms with Gasteiger partial charge < -0.3 is 25.3 Å². The van der Waals surface area contributed by atoms with Crippen LogP contribution in [0.5, 0.6) is 17.2 Å². The Kier molecular flexibility index (Phi) is 7.26. The van der Waals surface area contributed by atoms with Crippen LogP contribution in [0.4, 0.5) is 10.1 Å². The number of carbonyl (C=O) groups excluding carboxylic acids is 1. The van der Waals surface area contributed by atoms with Crippen LogP contribution >= 0.6 is 11.6 Å². The number of nitrogens with zero attached hydrogens (tertiary/aromatic N) is 1. The lowest BCUT2D eigenvalue weighted by atomic mass is 10.1. The highest BCUT2D eigenvalue weighted by molar-refractivity contribution is 6.33. The lowest BCUT2D eigenvalue weighted by Gasteiger charge is -2.14. The van der Waals surface area contributed by atoms with E-state index in [2.05, 4.69) is 10.3 Å². The van der Waals surface area contributed by atoms with E-state index in [-0.39, 0.29) is 18.7 Å². The quantitative estimate of drug-likeness (QED) is 0.391. The number of amides is 1. The summed E-state index contributed by atoms with van der Waals surface area (Å²) in [7, 11) is 1.55. The second kappa shape index (κ2) is 10.1. The average molecular weight is 434 g/mol. The van der Waals surface area contributed by atoms with Gasteiger partial charge in [0.1, 0.15) is 30.5 Å². The number of methoxy groups -OCH3 is 1. The van der Waals surface area contributed by atoms with Gasteiger partial charge in [0.2, 0.25) is 0 Å².